The molecule has 1 unspecified atom stereocenters. The number of nitrogens with one attached hydrogen (secondary N) is 1. The van der Waals surface area contributed by atoms with E-state index in [1.165, 1.54) is 0 Å². The van der Waals surface area contributed by atoms with E-state index >= 15 is 0 Å². The number of nitrogens with two attached hydrogens (primary N) is 1. The van der Waals surface area contributed by atoms with E-state index < -0.39 is 10.0 Å². The van der Waals surface area contributed by atoms with E-state index in [0.29, 0.717) is 16.9 Å². The molecule has 1 aliphatic rings. The predicted molar refractivity (Wildman–Crippen MR) is 74.8 cm³/mol. The number of halogens is 1. The molecule has 0 amide bonds. The van der Waals surface area contributed by atoms with Crippen LogP contribution in [0.3, 0.4) is 0 Å². The maximum Gasteiger partial charge on any atom is 0.242 e. The van der Waals surface area contributed by atoms with Gasteiger partial charge in [-0.15, -0.1) is 0 Å². The minimum atomic E-state index is -3.51. The third kappa shape index (κ3) is 3.12. The average molecular weight is 333 g/mol. The highest BCUT2D eigenvalue weighted by Crippen LogP contribution is 2.33. The van der Waals surface area contributed by atoms with Crippen LogP contribution in [-0.2, 0) is 10.0 Å². The van der Waals surface area contributed by atoms with Crippen molar-refractivity contribution in [2.75, 3.05) is 6.54 Å². The molecule has 0 saturated heterocycles. The third-order valence-electron chi connectivity index (χ3n) is 3.13. The van der Waals surface area contributed by atoms with Gasteiger partial charge in [0.05, 0.1) is 4.90 Å². The number of hydrogen-bond acceptors (Lipinski definition) is 3. The number of hydrogen-bond donors (Lipinski definition) is 2. The van der Waals surface area contributed by atoms with E-state index in [1.54, 1.807) is 12.1 Å². The van der Waals surface area contributed by atoms with Gasteiger partial charge in [-0.25, -0.2) is 13.1 Å². The molecule has 2 rings (SSSR count). The second kappa shape index (κ2) is 5.28. The zero-order valence-corrected chi connectivity index (χ0v) is 12.6. The summed E-state index contributed by atoms with van der Waals surface area (Å²) in [6.07, 6.45) is 2.11. The largest absolute Gasteiger partial charge is 0.329 e. The lowest BCUT2D eigenvalue weighted by Crippen LogP contribution is -2.41. The van der Waals surface area contributed by atoms with Crippen LogP contribution in [0.4, 0.5) is 0 Å². The number of benzene rings is 1. The molecule has 1 aliphatic carbocycles. The number of aryl methyl sites for hydroxylation is 1. The zero-order valence-electron chi connectivity index (χ0n) is 10.2. The van der Waals surface area contributed by atoms with Gasteiger partial charge in [-0.3, -0.25) is 0 Å². The summed E-state index contributed by atoms with van der Waals surface area (Å²) in [7, 11) is -3.51. The molecule has 1 saturated carbocycles. The molecule has 4 nitrogen and oxygen atoms in total. The molecule has 1 atom stereocenters. The highest BCUT2D eigenvalue weighted by Gasteiger charge is 2.33. The lowest BCUT2D eigenvalue weighted by Gasteiger charge is -2.17. The molecule has 0 spiro atoms. The average Bonchev–Trinajstić information content (AvgIpc) is 3.13. The normalized spacial score (nSPS) is 17.7. The third-order valence-corrected chi connectivity index (χ3v) is 5.61. The summed E-state index contributed by atoms with van der Waals surface area (Å²) in [6.45, 7) is 2.21. The van der Waals surface area contributed by atoms with Gasteiger partial charge in [0.1, 0.15) is 0 Å². The van der Waals surface area contributed by atoms with Crippen molar-refractivity contribution in [2.24, 2.45) is 11.7 Å². The Bertz CT molecular complexity index is 541. The van der Waals surface area contributed by atoms with Crippen LogP contribution in [0.25, 0.3) is 0 Å². The highest BCUT2D eigenvalue weighted by molar-refractivity contribution is 9.10. The highest BCUT2D eigenvalue weighted by atomic mass is 79.9. The molecule has 0 aromatic heterocycles. The van der Waals surface area contributed by atoms with Gasteiger partial charge in [0.25, 0.3) is 0 Å². The summed E-state index contributed by atoms with van der Waals surface area (Å²) < 4.78 is 27.9. The van der Waals surface area contributed by atoms with Gasteiger partial charge < -0.3 is 5.73 Å². The lowest BCUT2D eigenvalue weighted by molar-refractivity contribution is 0.519. The molecular formula is C12H17BrN2O2S. The second-order valence-corrected chi connectivity index (χ2v) is 7.27. The van der Waals surface area contributed by atoms with Gasteiger partial charge in [0.15, 0.2) is 0 Å². The van der Waals surface area contributed by atoms with Crippen molar-refractivity contribution in [1.29, 1.82) is 0 Å². The number of rotatable bonds is 5. The first-order chi connectivity index (χ1) is 8.44. The fourth-order valence-corrected chi connectivity index (χ4v) is 4.28. The molecule has 0 heterocycles. The van der Waals surface area contributed by atoms with E-state index in [1.807, 2.05) is 13.0 Å². The van der Waals surface area contributed by atoms with Crippen molar-refractivity contribution in [2.45, 2.75) is 30.7 Å². The Balaban J connectivity index is 2.26. The van der Waals surface area contributed by atoms with Gasteiger partial charge in [0.2, 0.25) is 10.0 Å². The molecular weight excluding hydrogens is 316 g/mol. The van der Waals surface area contributed by atoms with Crippen LogP contribution < -0.4 is 10.5 Å². The molecule has 100 valence electrons. The summed E-state index contributed by atoms with van der Waals surface area (Å²) in [5.74, 6) is 0.397. The maximum absolute atomic E-state index is 12.3. The standard InChI is InChI=1S/C12H17BrN2O2S/c1-8-2-5-10(13)12(6-8)18(16,17)15-11(7-14)9-3-4-9/h2,5-6,9,11,15H,3-4,7,14H2,1H3. The summed E-state index contributed by atoms with van der Waals surface area (Å²) in [6, 6.07) is 5.12. The Morgan fingerprint density at radius 2 is 2.17 bits per heavy atom. The van der Waals surface area contributed by atoms with Crippen LogP contribution >= 0.6 is 15.9 Å². The molecule has 6 heteroatoms. The van der Waals surface area contributed by atoms with Crippen molar-refractivity contribution in [3.05, 3.63) is 28.2 Å². The smallest absolute Gasteiger partial charge is 0.242 e. The van der Waals surface area contributed by atoms with Gasteiger partial charge >= 0.3 is 0 Å². The first-order valence-corrected chi connectivity index (χ1v) is 8.20. The molecule has 18 heavy (non-hydrogen) atoms. The van der Waals surface area contributed by atoms with Crippen molar-refractivity contribution < 1.29 is 8.42 Å². The van der Waals surface area contributed by atoms with Crippen LogP contribution in [0.15, 0.2) is 27.6 Å². The van der Waals surface area contributed by atoms with Crippen molar-refractivity contribution in [1.82, 2.24) is 4.72 Å². The van der Waals surface area contributed by atoms with E-state index in [9.17, 15) is 8.42 Å². The summed E-state index contributed by atoms with van der Waals surface area (Å²) in [4.78, 5) is 0.279. The van der Waals surface area contributed by atoms with Crippen molar-refractivity contribution in [3.63, 3.8) is 0 Å². The van der Waals surface area contributed by atoms with Gasteiger partial charge in [-0.2, -0.15) is 0 Å². The Hall–Kier alpha value is -0.430. The Morgan fingerprint density at radius 1 is 1.50 bits per heavy atom. The molecule has 0 radical (unpaired) electrons. The molecule has 0 aliphatic heterocycles. The van der Waals surface area contributed by atoms with Crippen LogP contribution in [0.2, 0.25) is 0 Å². The Morgan fingerprint density at radius 3 is 2.72 bits per heavy atom. The van der Waals surface area contributed by atoms with E-state index in [0.717, 1.165) is 18.4 Å². The zero-order chi connectivity index (χ0) is 13.3. The SMILES string of the molecule is Cc1ccc(Br)c(S(=O)(=O)NC(CN)C2CC2)c1. The molecule has 0 bridgehead atoms. The van der Waals surface area contributed by atoms with Crippen molar-refractivity contribution >= 4 is 26.0 Å². The second-order valence-electron chi connectivity index (χ2n) is 4.73. The fraction of sp³-hybridized carbons (Fsp3) is 0.500. The van der Waals surface area contributed by atoms with Gasteiger partial charge in [-0.1, -0.05) is 6.07 Å². The van der Waals surface area contributed by atoms with Crippen LogP contribution in [0, 0.1) is 12.8 Å². The predicted octanol–water partition coefficient (Wildman–Crippen LogP) is 1.77. The summed E-state index contributed by atoms with van der Waals surface area (Å²) in [5.41, 5.74) is 6.54. The van der Waals surface area contributed by atoms with Crippen molar-refractivity contribution in [3.8, 4) is 0 Å². The maximum atomic E-state index is 12.3. The first-order valence-electron chi connectivity index (χ1n) is 5.92. The topological polar surface area (TPSA) is 72.2 Å². The molecule has 3 N–H and O–H groups in total. The lowest BCUT2D eigenvalue weighted by atomic mass is 10.2. The number of sulfonamides is 1. The summed E-state index contributed by atoms with van der Waals surface area (Å²) in [5, 5.41) is 0. The minimum absolute atomic E-state index is 0.151. The Kier molecular flexibility index (Phi) is 4.11. The van der Waals surface area contributed by atoms with Crippen LogP contribution in [-0.4, -0.2) is 21.0 Å². The van der Waals surface area contributed by atoms with Crippen LogP contribution in [0.1, 0.15) is 18.4 Å². The monoisotopic (exact) mass is 332 g/mol. The minimum Gasteiger partial charge on any atom is -0.329 e. The molecule has 1 fully saturated rings. The first kappa shape index (κ1) is 14.0. The summed E-state index contributed by atoms with van der Waals surface area (Å²) >= 11 is 3.28. The van der Waals surface area contributed by atoms with E-state index in [4.69, 9.17) is 5.73 Å². The van der Waals surface area contributed by atoms with E-state index in [2.05, 4.69) is 20.7 Å². The van der Waals surface area contributed by atoms with Gasteiger partial charge in [-0.05, 0) is 59.3 Å². The van der Waals surface area contributed by atoms with Gasteiger partial charge in [0, 0.05) is 17.1 Å². The van der Waals surface area contributed by atoms with E-state index in [-0.39, 0.29) is 10.9 Å². The Labute approximate surface area is 116 Å². The molecule has 1 aromatic carbocycles. The van der Waals surface area contributed by atoms with Crippen LogP contribution in [0.5, 0.6) is 0 Å². The fourth-order valence-electron chi connectivity index (χ4n) is 1.91. The molecule has 1 aromatic rings. The quantitative estimate of drug-likeness (QED) is 0.863.